The fourth-order valence-corrected chi connectivity index (χ4v) is 7.53. The van der Waals surface area contributed by atoms with Gasteiger partial charge in [0.25, 0.3) is 0 Å². The molecule has 1 aromatic heterocycles. The number of carbonyl (C=O) groups excluding carboxylic acids is 1. The summed E-state index contributed by atoms with van der Waals surface area (Å²) in [5.74, 6) is 0.135. The molecule has 252 valence electrons. The van der Waals surface area contributed by atoms with Crippen LogP contribution in [0.4, 0.5) is 35.0 Å². The van der Waals surface area contributed by atoms with Crippen molar-refractivity contribution in [1.29, 1.82) is 0 Å². The summed E-state index contributed by atoms with van der Waals surface area (Å²) in [6, 6.07) is 14.9. The highest BCUT2D eigenvalue weighted by molar-refractivity contribution is 6.33. The summed E-state index contributed by atoms with van der Waals surface area (Å²) in [6.45, 7) is 7.61. The molecule has 2 saturated heterocycles. The number of urea groups is 1. The standard InChI is InChI=1S/C35H43ClF3N7O/c36-31-23-26(22-30(33(31)40)35(37,38)39)21-25(24-44-17-19-45(20-18-44)28-5-11-41-12-6-28)7-13-43-14-9-29(10-15-43)46-16-8-27-3-1-2-4-32(27)42-34(46)47/h1-6,11-12,22-23,25,29H,7-10,13-21,24,40H2,(H,42,47)/t25-/m1/s1. The van der Waals surface area contributed by atoms with E-state index in [-0.39, 0.29) is 23.0 Å². The Hall–Kier alpha value is -3.54. The number of nitrogens with zero attached hydrogens (tertiary/aromatic N) is 5. The topological polar surface area (TPSA) is 81.0 Å². The number of hydrogen-bond acceptors (Lipinski definition) is 6. The Morgan fingerprint density at radius 2 is 1.68 bits per heavy atom. The summed E-state index contributed by atoms with van der Waals surface area (Å²) in [7, 11) is 0. The van der Waals surface area contributed by atoms with Gasteiger partial charge in [-0.1, -0.05) is 29.8 Å². The Balaban J connectivity index is 1.07. The smallest absolute Gasteiger partial charge is 0.397 e. The summed E-state index contributed by atoms with van der Waals surface area (Å²) in [4.78, 5) is 26.4. The molecule has 2 aromatic carbocycles. The van der Waals surface area contributed by atoms with Crippen molar-refractivity contribution < 1.29 is 18.0 Å². The predicted octanol–water partition coefficient (Wildman–Crippen LogP) is 6.26. The third-order valence-corrected chi connectivity index (χ3v) is 10.2. The highest BCUT2D eigenvalue weighted by Crippen LogP contribution is 2.38. The second-order valence-corrected chi connectivity index (χ2v) is 13.4. The Morgan fingerprint density at radius 1 is 0.957 bits per heavy atom. The van der Waals surface area contributed by atoms with Gasteiger partial charge in [-0.15, -0.1) is 0 Å². The fraction of sp³-hybridized carbons (Fsp3) is 0.486. The minimum Gasteiger partial charge on any atom is -0.397 e. The van der Waals surface area contributed by atoms with Crippen molar-refractivity contribution in [2.75, 3.05) is 74.9 Å². The number of halogens is 4. The number of pyridine rings is 1. The van der Waals surface area contributed by atoms with E-state index in [2.05, 4.69) is 31.1 Å². The quantitative estimate of drug-likeness (QED) is 0.262. The molecule has 0 spiro atoms. The average molecular weight is 670 g/mol. The number of para-hydroxylation sites is 1. The average Bonchev–Trinajstić information content (AvgIpc) is 3.23. The molecule has 2 amide bonds. The maximum atomic E-state index is 13.8. The lowest BCUT2D eigenvalue weighted by Gasteiger charge is -2.39. The number of aromatic nitrogens is 1. The van der Waals surface area contributed by atoms with Gasteiger partial charge >= 0.3 is 12.2 Å². The molecule has 0 bridgehead atoms. The molecule has 0 aliphatic carbocycles. The molecule has 2 fully saturated rings. The number of amides is 2. The van der Waals surface area contributed by atoms with Crippen LogP contribution < -0.4 is 16.0 Å². The largest absolute Gasteiger partial charge is 0.418 e. The molecule has 0 saturated carbocycles. The predicted molar refractivity (Wildman–Crippen MR) is 181 cm³/mol. The highest BCUT2D eigenvalue weighted by atomic mass is 35.5. The third kappa shape index (κ3) is 8.31. The SMILES string of the molecule is Nc1c(Cl)cc(C[C@@H](CCN2CCC(N3CCc4ccccc4NC3=O)CC2)CN2CCN(c3ccncc3)CC2)cc1C(F)(F)F. The van der Waals surface area contributed by atoms with Crippen LogP contribution in [0.2, 0.25) is 5.02 Å². The van der Waals surface area contributed by atoms with Crippen LogP contribution in [0.15, 0.2) is 60.9 Å². The number of alkyl halides is 3. The Kier molecular flexibility index (Phi) is 10.4. The van der Waals surface area contributed by atoms with E-state index < -0.39 is 17.4 Å². The number of piperidine rings is 1. The van der Waals surface area contributed by atoms with E-state index in [0.717, 1.165) is 95.0 Å². The molecule has 3 N–H and O–H groups in total. The lowest BCUT2D eigenvalue weighted by Crippen LogP contribution is -2.49. The van der Waals surface area contributed by atoms with Gasteiger partial charge in [-0.2, -0.15) is 13.2 Å². The molecular formula is C35H43ClF3N7O. The van der Waals surface area contributed by atoms with Crippen LogP contribution in [0, 0.1) is 5.92 Å². The second kappa shape index (κ2) is 14.7. The van der Waals surface area contributed by atoms with Gasteiger partial charge in [0.15, 0.2) is 0 Å². The number of nitrogens with one attached hydrogen (secondary N) is 1. The minimum atomic E-state index is -4.57. The number of fused-ring (bicyclic) bond motifs is 1. The molecule has 0 unspecified atom stereocenters. The van der Waals surface area contributed by atoms with Crippen LogP contribution in [-0.2, 0) is 19.0 Å². The van der Waals surface area contributed by atoms with E-state index in [0.29, 0.717) is 18.5 Å². The molecule has 6 rings (SSSR count). The van der Waals surface area contributed by atoms with E-state index in [1.165, 1.54) is 6.07 Å². The number of hydrogen-bond donors (Lipinski definition) is 2. The van der Waals surface area contributed by atoms with Gasteiger partial charge in [-0.25, -0.2) is 4.79 Å². The van der Waals surface area contributed by atoms with Gasteiger partial charge < -0.3 is 25.8 Å². The molecule has 3 aromatic rings. The number of likely N-dealkylation sites (tertiary alicyclic amines) is 1. The van der Waals surface area contributed by atoms with Crippen LogP contribution in [-0.4, -0.2) is 90.7 Å². The molecule has 3 aliphatic rings. The molecule has 0 radical (unpaired) electrons. The van der Waals surface area contributed by atoms with Crippen molar-refractivity contribution in [3.05, 3.63) is 82.6 Å². The number of piperazine rings is 1. The summed E-state index contributed by atoms with van der Waals surface area (Å²) >= 11 is 6.21. The lowest BCUT2D eigenvalue weighted by atomic mass is 9.93. The van der Waals surface area contributed by atoms with Crippen molar-refractivity contribution in [2.24, 2.45) is 5.92 Å². The Morgan fingerprint density at radius 3 is 2.40 bits per heavy atom. The number of anilines is 3. The zero-order valence-corrected chi connectivity index (χ0v) is 27.3. The summed E-state index contributed by atoms with van der Waals surface area (Å²) in [6.07, 6.45) is 2.99. The zero-order valence-electron chi connectivity index (χ0n) is 26.6. The number of nitrogen functional groups attached to an aromatic ring is 1. The lowest BCUT2D eigenvalue weighted by molar-refractivity contribution is -0.137. The molecule has 47 heavy (non-hydrogen) atoms. The normalized spacial score (nSPS) is 19.3. The van der Waals surface area contributed by atoms with Crippen molar-refractivity contribution in [3.63, 3.8) is 0 Å². The maximum absolute atomic E-state index is 13.8. The number of rotatable bonds is 9. The first-order valence-corrected chi connectivity index (χ1v) is 16.9. The number of benzene rings is 2. The third-order valence-electron chi connectivity index (χ3n) is 9.93. The van der Waals surface area contributed by atoms with Gasteiger partial charge in [0.2, 0.25) is 0 Å². The minimum absolute atomic E-state index is 0.0297. The van der Waals surface area contributed by atoms with Gasteiger partial charge in [-0.05, 0) is 86.0 Å². The van der Waals surface area contributed by atoms with Crippen LogP contribution in [0.3, 0.4) is 0 Å². The van der Waals surface area contributed by atoms with Crippen LogP contribution in [0.1, 0.15) is 36.0 Å². The van der Waals surface area contributed by atoms with Crippen molar-refractivity contribution in [1.82, 2.24) is 19.7 Å². The number of carbonyl (C=O) groups is 1. The van der Waals surface area contributed by atoms with Crippen molar-refractivity contribution >= 4 is 34.7 Å². The molecule has 8 nitrogen and oxygen atoms in total. The van der Waals surface area contributed by atoms with Crippen molar-refractivity contribution in [3.8, 4) is 0 Å². The Labute approximate surface area is 279 Å². The summed E-state index contributed by atoms with van der Waals surface area (Å²) in [5.41, 5.74) is 8.22. The first-order valence-electron chi connectivity index (χ1n) is 16.5. The van der Waals surface area contributed by atoms with Crippen LogP contribution in [0.25, 0.3) is 0 Å². The first-order chi connectivity index (χ1) is 22.6. The van der Waals surface area contributed by atoms with E-state index in [1.807, 2.05) is 35.2 Å². The molecular weight excluding hydrogens is 627 g/mol. The Bertz CT molecular complexity index is 1510. The van der Waals surface area contributed by atoms with Crippen LogP contribution in [0.5, 0.6) is 0 Å². The van der Waals surface area contributed by atoms with Gasteiger partial charge in [0, 0.05) is 82.2 Å². The zero-order chi connectivity index (χ0) is 33.0. The fourth-order valence-electron chi connectivity index (χ4n) is 7.28. The molecule has 3 aliphatic heterocycles. The first kappa shape index (κ1) is 33.4. The highest BCUT2D eigenvalue weighted by Gasteiger charge is 2.35. The number of nitrogens with two attached hydrogens (primary N) is 1. The summed E-state index contributed by atoms with van der Waals surface area (Å²) in [5, 5.41) is 3.04. The van der Waals surface area contributed by atoms with Crippen LogP contribution >= 0.6 is 11.6 Å². The van der Waals surface area contributed by atoms with Gasteiger partial charge in [-0.3, -0.25) is 9.88 Å². The summed E-state index contributed by atoms with van der Waals surface area (Å²) < 4.78 is 41.3. The molecule has 1 atom stereocenters. The monoisotopic (exact) mass is 669 g/mol. The van der Waals surface area contributed by atoms with Gasteiger partial charge in [0.05, 0.1) is 16.3 Å². The van der Waals surface area contributed by atoms with E-state index in [4.69, 9.17) is 17.3 Å². The van der Waals surface area contributed by atoms with E-state index in [9.17, 15) is 18.0 Å². The van der Waals surface area contributed by atoms with Gasteiger partial charge in [0.1, 0.15) is 0 Å². The van der Waals surface area contributed by atoms with E-state index >= 15 is 0 Å². The second-order valence-electron chi connectivity index (χ2n) is 13.0. The van der Waals surface area contributed by atoms with Crippen molar-refractivity contribution in [2.45, 2.75) is 44.3 Å². The molecule has 4 heterocycles. The van der Waals surface area contributed by atoms with E-state index in [1.54, 1.807) is 18.5 Å². The maximum Gasteiger partial charge on any atom is 0.418 e. The molecule has 12 heteroatoms.